The van der Waals surface area contributed by atoms with E-state index in [4.69, 9.17) is 17.1 Å². The van der Waals surface area contributed by atoms with Gasteiger partial charge in [0, 0.05) is 26.3 Å². The van der Waals surface area contributed by atoms with E-state index in [9.17, 15) is 14.7 Å². The van der Waals surface area contributed by atoms with Gasteiger partial charge in [-0.1, -0.05) is 28.8 Å². The largest absolute Gasteiger partial charge is 0.480 e. The van der Waals surface area contributed by atoms with Gasteiger partial charge in [-0.25, -0.2) is 0 Å². The van der Waals surface area contributed by atoms with Crippen LogP contribution in [0, 0.1) is 0 Å². The summed E-state index contributed by atoms with van der Waals surface area (Å²) in [5.41, 5.74) is 9.65. The molecule has 1 N–H and O–H groups in total. The number of fused-ring (bicyclic) bond motifs is 2. The second-order valence-corrected chi connectivity index (χ2v) is 5.54. The van der Waals surface area contributed by atoms with Crippen LogP contribution in [0.2, 0.25) is 5.02 Å². The summed E-state index contributed by atoms with van der Waals surface area (Å²) in [6, 6.07) is 9.88. The van der Waals surface area contributed by atoms with Crippen LogP contribution in [0.15, 0.2) is 46.3 Å². The molecule has 0 fully saturated rings. The van der Waals surface area contributed by atoms with Crippen molar-refractivity contribution in [2.75, 3.05) is 0 Å². The number of hydrogen-bond acceptors (Lipinski definition) is 3. The number of carbonyl (C=O) groups is 1. The highest BCUT2D eigenvalue weighted by Gasteiger charge is 2.17. The second-order valence-electron chi connectivity index (χ2n) is 5.14. The number of rotatable bonds is 4. The highest BCUT2D eigenvalue weighted by atomic mass is 35.5. The maximum Gasteiger partial charge on any atom is 0.323 e. The number of aliphatic carboxylic acids is 1. The minimum Gasteiger partial charge on any atom is -0.480 e. The lowest BCUT2D eigenvalue weighted by atomic mass is 10.0. The van der Waals surface area contributed by atoms with Gasteiger partial charge in [0.1, 0.15) is 6.54 Å². The minimum atomic E-state index is -1.06. The van der Waals surface area contributed by atoms with Gasteiger partial charge in [0.2, 0.25) is 0 Å². The molecule has 0 aliphatic rings. The second kappa shape index (κ2) is 6.23. The molecule has 0 aliphatic heterocycles. The normalized spacial score (nSPS) is 10.7. The van der Waals surface area contributed by atoms with Crippen molar-refractivity contribution in [1.82, 2.24) is 4.57 Å². The number of pyridine rings is 1. The Morgan fingerprint density at radius 3 is 2.71 bits per heavy atom. The van der Waals surface area contributed by atoms with Crippen LogP contribution < -0.4 is 5.43 Å². The number of aromatic nitrogens is 1. The van der Waals surface area contributed by atoms with Crippen LogP contribution in [-0.4, -0.2) is 15.6 Å². The number of hydrogen-bond donors (Lipinski definition) is 1. The fourth-order valence-electron chi connectivity index (χ4n) is 2.82. The number of azide groups is 1. The third-order valence-corrected chi connectivity index (χ3v) is 4.12. The fraction of sp³-hybridized carbons (Fsp3) is 0.125. The molecule has 3 aromatic rings. The summed E-state index contributed by atoms with van der Waals surface area (Å²) in [7, 11) is 0. The van der Waals surface area contributed by atoms with E-state index in [0.717, 1.165) is 0 Å². The van der Waals surface area contributed by atoms with Crippen LogP contribution >= 0.6 is 11.6 Å². The van der Waals surface area contributed by atoms with Crippen molar-refractivity contribution < 1.29 is 9.90 Å². The van der Waals surface area contributed by atoms with E-state index in [1.54, 1.807) is 36.4 Å². The van der Waals surface area contributed by atoms with Gasteiger partial charge >= 0.3 is 5.97 Å². The molecule has 0 saturated carbocycles. The van der Waals surface area contributed by atoms with Crippen LogP contribution in [0.3, 0.4) is 0 Å². The maximum absolute atomic E-state index is 12.8. The lowest BCUT2D eigenvalue weighted by molar-refractivity contribution is -0.137. The van der Waals surface area contributed by atoms with Crippen LogP contribution in [0.4, 0.5) is 0 Å². The van der Waals surface area contributed by atoms with E-state index >= 15 is 0 Å². The van der Waals surface area contributed by atoms with E-state index < -0.39 is 5.97 Å². The van der Waals surface area contributed by atoms with Gasteiger partial charge < -0.3 is 9.67 Å². The Labute approximate surface area is 140 Å². The molecule has 1 aromatic heterocycles. The number of carboxylic acids is 1. The predicted octanol–water partition coefficient (Wildman–Crippen LogP) is 3.70. The van der Waals surface area contributed by atoms with E-state index in [2.05, 4.69) is 10.0 Å². The van der Waals surface area contributed by atoms with E-state index in [-0.39, 0.29) is 18.5 Å². The predicted molar refractivity (Wildman–Crippen MR) is 91.2 cm³/mol. The zero-order chi connectivity index (χ0) is 17.3. The summed E-state index contributed by atoms with van der Waals surface area (Å²) in [5, 5.41) is 13.9. The van der Waals surface area contributed by atoms with Crippen LogP contribution in [-0.2, 0) is 17.9 Å². The van der Waals surface area contributed by atoms with Crippen molar-refractivity contribution in [3.8, 4) is 0 Å². The molecule has 0 aliphatic carbocycles. The molecule has 0 bridgehead atoms. The first kappa shape index (κ1) is 15.9. The van der Waals surface area contributed by atoms with E-state index in [0.29, 0.717) is 32.4 Å². The minimum absolute atomic E-state index is 0.0793. The van der Waals surface area contributed by atoms with Crippen molar-refractivity contribution in [3.05, 3.63) is 67.7 Å². The van der Waals surface area contributed by atoms with Crippen molar-refractivity contribution in [1.29, 1.82) is 0 Å². The molecule has 3 rings (SSSR count). The average molecular weight is 343 g/mol. The molecule has 2 aromatic carbocycles. The third kappa shape index (κ3) is 2.56. The van der Waals surface area contributed by atoms with Crippen LogP contribution in [0.5, 0.6) is 0 Å². The topological polar surface area (TPSA) is 108 Å². The zero-order valence-electron chi connectivity index (χ0n) is 12.3. The first-order valence-electron chi connectivity index (χ1n) is 7.00. The summed E-state index contributed by atoms with van der Waals surface area (Å²) in [6.45, 7) is -0.426. The molecular weight excluding hydrogens is 332 g/mol. The molecule has 24 heavy (non-hydrogen) atoms. The highest BCUT2D eigenvalue weighted by molar-refractivity contribution is 6.32. The van der Waals surface area contributed by atoms with E-state index in [1.807, 2.05) is 0 Å². The number of halogens is 1. The van der Waals surface area contributed by atoms with Crippen LogP contribution in [0.1, 0.15) is 5.56 Å². The molecule has 0 unspecified atom stereocenters. The molecule has 0 amide bonds. The third-order valence-electron chi connectivity index (χ3n) is 3.77. The number of para-hydroxylation sites is 1. The molecule has 0 radical (unpaired) electrons. The van der Waals surface area contributed by atoms with Crippen molar-refractivity contribution in [2.45, 2.75) is 13.1 Å². The Morgan fingerprint density at radius 2 is 2.00 bits per heavy atom. The van der Waals surface area contributed by atoms with E-state index in [1.165, 1.54) is 4.57 Å². The Kier molecular flexibility index (Phi) is 4.12. The molecule has 7 nitrogen and oxygen atoms in total. The van der Waals surface area contributed by atoms with Crippen molar-refractivity contribution in [2.24, 2.45) is 5.11 Å². The average Bonchev–Trinajstić information content (AvgIpc) is 2.57. The molecule has 120 valence electrons. The number of nitrogens with zero attached hydrogens (tertiary/aromatic N) is 4. The summed E-state index contributed by atoms with van der Waals surface area (Å²) in [4.78, 5) is 26.8. The van der Waals surface area contributed by atoms with Gasteiger partial charge in [-0.05, 0) is 29.8 Å². The van der Waals surface area contributed by atoms with Gasteiger partial charge in [0.05, 0.1) is 17.6 Å². The Hall–Kier alpha value is -3.02. The molecule has 1 heterocycles. The number of carboxylic acid groups (broad SMARTS) is 1. The van der Waals surface area contributed by atoms with Gasteiger partial charge in [-0.2, -0.15) is 0 Å². The Balaban J connectivity index is 2.57. The zero-order valence-corrected chi connectivity index (χ0v) is 13.1. The SMILES string of the molecule is [N-]=[N+]=NCc1c(Cl)ccc2c(=O)c3ccccc3n(CC(=O)O)c12. The van der Waals surface area contributed by atoms with Crippen molar-refractivity contribution >= 4 is 39.4 Å². The smallest absolute Gasteiger partial charge is 0.323 e. The standard InChI is InChI=1S/C16H11ClN4O3/c17-12-6-5-10-15(11(12)7-19-20-18)21(8-14(22)23)13-4-2-1-3-9(13)16(10)24/h1-6H,7-8H2,(H,22,23). The summed E-state index contributed by atoms with van der Waals surface area (Å²) < 4.78 is 1.52. The lowest BCUT2D eigenvalue weighted by Gasteiger charge is -2.16. The molecule has 0 atom stereocenters. The van der Waals surface area contributed by atoms with Gasteiger partial charge in [0.25, 0.3) is 0 Å². The molecule has 0 spiro atoms. The Bertz CT molecular complexity index is 1080. The Morgan fingerprint density at radius 1 is 1.25 bits per heavy atom. The van der Waals surface area contributed by atoms with Crippen molar-refractivity contribution in [3.63, 3.8) is 0 Å². The fourth-order valence-corrected chi connectivity index (χ4v) is 3.03. The van der Waals surface area contributed by atoms with Gasteiger partial charge in [-0.3, -0.25) is 9.59 Å². The van der Waals surface area contributed by atoms with Crippen LogP contribution in [0.25, 0.3) is 32.2 Å². The summed E-state index contributed by atoms with van der Waals surface area (Å²) in [5.74, 6) is -1.06. The molecule has 8 heteroatoms. The quantitative estimate of drug-likeness (QED) is 0.338. The maximum atomic E-state index is 12.8. The first-order chi connectivity index (χ1) is 11.5. The lowest BCUT2D eigenvalue weighted by Crippen LogP contribution is -2.17. The molecule has 0 saturated heterocycles. The monoisotopic (exact) mass is 342 g/mol. The number of benzene rings is 2. The highest BCUT2D eigenvalue weighted by Crippen LogP contribution is 2.28. The van der Waals surface area contributed by atoms with Gasteiger partial charge in [0.15, 0.2) is 5.43 Å². The molecular formula is C16H11ClN4O3. The summed E-state index contributed by atoms with van der Waals surface area (Å²) in [6.07, 6.45) is 0. The van der Waals surface area contributed by atoms with Gasteiger partial charge in [-0.15, -0.1) is 0 Å². The first-order valence-corrected chi connectivity index (χ1v) is 7.37. The summed E-state index contributed by atoms with van der Waals surface area (Å²) >= 11 is 6.20.